The molecule has 0 saturated carbocycles. The van der Waals surface area contributed by atoms with Crippen molar-refractivity contribution in [3.63, 3.8) is 0 Å². The molecular formula is C12H10F2N2O2S. The van der Waals surface area contributed by atoms with Crippen LogP contribution in [0.15, 0.2) is 35.7 Å². The van der Waals surface area contributed by atoms with E-state index in [1.165, 1.54) is 18.3 Å². The number of aliphatic carboxylic acids is 1. The van der Waals surface area contributed by atoms with Crippen LogP contribution in [-0.2, 0) is 11.3 Å². The average Bonchev–Trinajstić information content (AvgIpc) is 2.72. The van der Waals surface area contributed by atoms with Crippen molar-refractivity contribution in [1.82, 2.24) is 9.55 Å². The van der Waals surface area contributed by atoms with E-state index >= 15 is 0 Å². The van der Waals surface area contributed by atoms with E-state index in [0.717, 1.165) is 17.8 Å². The summed E-state index contributed by atoms with van der Waals surface area (Å²) in [6.07, 6.45) is 3.15. The zero-order chi connectivity index (χ0) is 13.8. The van der Waals surface area contributed by atoms with Crippen molar-refractivity contribution in [3.8, 4) is 0 Å². The summed E-state index contributed by atoms with van der Waals surface area (Å²) < 4.78 is 27.8. The topological polar surface area (TPSA) is 55.1 Å². The highest BCUT2D eigenvalue weighted by atomic mass is 32.2. The molecule has 0 unspecified atom stereocenters. The molecule has 7 heteroatoms. The Bertz CT molecular complexity index is 581. The van der Waals surface area contributed by atoms with E-state index in [2.05, 4.69) is 4.98 Å². The minimum Gasteiger partial charge on any atom is -0.481 e. The maximum atomic E-state index is 13.1. The fourth-order valence-electron chi connectivity index (χ4n) is 1.58. The second kappa shape index (κ2) is 5.83. The zero-order valence-electron chi connectivity index (χ0n) is 9.72. The van der Waals surface area contributed by atoms with Crippen LogP contribution in [0.1, 0.15) is 5.56 Å². The van der Waals surface area contributed by atoms with Crippen LogP contribution >= 0.6 is 11.8 Å². The van der Waals surface area contributed by atoms with Gasteiger partial charge in [0, 0.05) is 25.0 Å². The third-order valence-electron chi connectivity index (χ3n) is 2.28. The standard InChI is InChI=1S/C12H10F2N2O2S/c13-9-3-8(4-10(14)5-9)6-16-2-1-15-12(16)19-7-11(17)18/h1-5H,6-7H2,(H,17,18). The minimum atomic E-state index is -0.948. The Kier molecular flexibility index (Phi) is 4.16. The van der Waals surface area contributed by atoms with Crippen LogP contribution in [0.5, 0.6) is 0 Å². The normalized spacial score (nSPS) is 10.6. The highest BCUT2D eigenvalue weighted by Gasteiger charge is 2.08. The Morgan fingerprint density at radius 2 is 2.00 bits per heavy atom. The molecule has 0 bridgehead atoms. The van der Waals surface area contributed by atoms with E-state index in [1.807, 2.05) is 0 Å². The van der Waals surface area contributed by atoms with E-state index in [1.54, 1.807) is 10.8 Å². The molecule has 100 valence electrons. The van der Waals surface area contributed by atoms with E-state index in [-0.39, 0.29) is 12.3 Å². The van der Waals surface area contributed by atoms with E-state index in [0.29, 0.717) is 10.7 Å². The molecule has 1 aromatic heterocycles. The molecule has 2 rings (SSSR count). The van der Waals surface area contributed by atoms with Crippen molar-refractivity contribution >= 4 is 17.7 Å². The zero-order valence-corrected chi connectivity index (χ0v) is 10.5. The summed E-state index contributed by atoms with van der Waals surface area (Å²) in [5.74, 6) is -2.35. The van der Waals surface area contributed by atoms with Gasteiger partial charge in [-0.2, -0.15) is 0 Å². The van der Waals surface area contributed by atoms with Gasteiger partial charge < -0.3 is 9.67 Å². The summed E-state index contributed by atoms with van der Waals surface area (Å²) >= 11 is 1.05. The van der Waals surface area contributed by atoms with Crippen LogP contribution in [0.25, 0.3) is 0 Å². The first-order chi connectivity index (χ1) is 9.04. The summed E-state index contributed by atoms with van der Waals surface area (Å²) in [5, 5.41) is 9.10. The van der Waals surface area contributed by atoms with Gasteiger partial charge in [-0.3, -0.25) is 4.79 Å². The van der Waals surface area contributed by atoms with Crippen LogP contribution in [0.4, 0.5) is 8.78 Å². The summed E-state index contributed by atoms with van der Waals surface area (Å²) in [6.45, 7) is 0.233. The molecule has 0 aliphatic heterocycles. The number of benzene rings is 1. The fourth-order valence-corrected chi connectivity index (χ4v) is 2.26. The van der Waals surface area contributed by atoms with Crippen LogP contribution in [0, 0.1) is 11.6 Å². The Morgan fingerprint density at radius 1 is 1.32 bits per heavy atom. The van der Waals surface area contributed by atoms with Gasteiger partial charge in [0.05, 0.1) is 5.75 Å². The Hall–Kier alpha value is -1.89. The van der Waals surface area contributed by atoms with Crippen LogP contribution in [-0.4, -0.2) is 26.4 Å². The Labute approximate surface area is 112 Å². The van der Waals surface area contributed by atoms with Gasteiger partial charge in [-0.05, 0) is 17.7 Å². The van der Waals surface area contributed by atoms with Gasteiger partial charge in [-0.25, -0.2) is 13.8 Å². The Balaban J connectivity index is 2.14. The van der Waals surface area contributed by atoms with Gasteiger partial charge in [0.2, 0.25) is 0 Å². The number of hydrogen-bond acceptors (Lipinski definition) is 3. The van der Waals surface area contributed by atoms with Crippen molar-refractivity contribution in [2.45, 2.75) is 11.7 Å². The number of thioether (sulfide) groups is 1. The third kappa shape index (κ3) is 3.78. The first-order valence-corrected chi connectivity index (χ1v) is 6.34. The number of carbonyl (C=O) groups is 1. The smallest absolute Gasteiger partial charge is 0.313 e. The van der Waals surface area contributed by atoms with Gasteiger partial charge >= 0.3 is 5.97 Å². The lowest BCUT2D eigenvalue weighted by Gasteiger charge is -2.07. The molecular weight excluding hydrogens is 274 g/mol. The first-order valence-electron chi connectivity index (χ1n) is 5.35. The molecule has 1 N–H and O–H groups in total. The molecule has 0 spiro atoms. The monoisotopic (exact) mass is 284 g/mol. The largest absolute Gasteiger partial charge is 0.481 e. The fraction of sp³-hybridized carbons (Fsp3) is 0.167. The lowest BCUT2D eigenvalue weighted by molar-refractivity contribution is -0.133. The SMILES string of the molecule is O=C(O)CSc1nccn1Cc1cc(F)cc(F)c1. The van der Waals surface area contributed by atoms with Crippen molar-refractivity contribution in [3.05, 3.63) is 47.8 Å². The molecule has 0 aliphatic rings. The number of rotatable bonds is 5. The summed E-state index contributed by atoms with van der Waals surface area (Å²) in [4.78, 5) is 14.5. The lowest BCUT2D eigenvalue weighted by atomic mass is 10.2. The summed E-state index contributed by atoms with van der Waals surface area (Å²) in [6, 6.07) is 3.26. The highest BCUT2D eigenvalue weighted by Crippen LogP contribution is 2.18. The number of carboxylic acid groups (broad SMARTS) is 1. The van der Waals surface area contributed by atoms with Crippen molar-refractivity contribution in [2.75, 3.05) is 5.75 Å². The van der Waals surface area contributed by atoms with E-state index in [9.17, 15) is 13.6 Å². The van der Waals surface area contributed by atoms with Gasteiger partial charge in [-0.15, -0.1) is 0 Å². The summed E-state index contributed by atoms with van der Waals surface area (Å²) in [7, 11) is 0. The molecule has 0 radical (unpaired) electrons. The molecule has 4 nitrogen and oxygen atoms in total. The number of aromatic nitrogens is 2. The number of hydrogen-bond donors (Lipinski definition) is 1. The molecule has 0 amide bonds. The maximum Gasteiger partial charge on any atom is 0.313 e. The molecule has 0 atom stereocenters. The lowest BCUT2D eigenvalue weighted by Crippen LogP contribution is -2.04. The van der Waals surface area contributed by atoms with Gasteiger partial charge in [0.15, 0.2) is 5.16 Å². The summed E-state index contributed by atoms with van der Waals surface area (Å²) in [5.41, 5.74) is 0.452. The number of carboxylic acids is 1. The first kappa shape index (κ1) is 13.5. The van der Waals surface area contributed by atoms with Crippen molar-refractivity contribution < 1.29 is 18.7 Å². The number of imidazole rings is 1. The van der Waals surface area contributed by atoms with E-state index in [4.69, 9.17) is 5.11 Å². The third-order valence-corrected chi connectivity index (χ3v) is 3.27. The molecule has 0 fully saturated rings. The average molecular weight is 284 g/mol. The van der Waals surface area contributed by atoms with Gasteiger partial charge in [0.1, 0.15) is 11.6 Å². The predicted molar refractivity (Wildman–Crippen MR) is 66.0 cm³/mol. The van der Waals surface area contributed by atoms with Crippen LogP contribution in [0.3, 0.4) is 0 Å². The quantitative estimate of drug-likeness (QED) is 0.857. The molecule has 0 aliphatic carbocycles. The molecule has 2 aromatic rings. The second-order valence-corrected chi connectivity index (χ2v) is 4.74. The molecule has 1 aromatic carbocycles. The van der Waals surface area contributed by atoms with Crippen molar-refractivity contribution in [1.29, 1.82) is 0 Å². The van der Waals surface area contributed by atoms with Gasteiger partial charge in [-0.1, -0.05) is 11.8 Å². The van der Waals surface area contributed by atoms with Gasteiger partial charge in [0.25, 0.3) is 0 Å². The van der Waals surface area contributed by atoms with Crippen LogP contribution < -0.4 is 0 Å². The Morgan fingerprint density at radius 3 is 2.63 bits per heavy atom. The minimum absolute atomic E-state index is 0.117. The second-order valence-electron chi connectivity index (χ2n) is 3.80. The molecule has 0 saturated heterocycles. The molecule has 19 heavy (non-hydrogen) atoms. The van der Waals surface area contributed by atoms with Crippen molar-refractivity contribution in [2.24, 2.45) is 0 Å². The number of halogens is 2. The number of nitrogens with zero attached hydrogens (tertiary/aromatic N) is 2. The predicted octanol–water partition coefficient (Wildman–Crippen LogP) is 2.39. The maximum absolute atomic E-state index is 13.1. The van der Waals surface area contributed by atoms with E-state index < -0.39 is 17.6 Å². The highest BCUT2D eigenvalue weighted by molar-refractivity contribution is 7.99. The molecule has 1 heterocycles. The van der Waals surface area contributed by atoms with Crippen LogP contribution in [0.2, 0.25) is 0 Å².